The van der Waals surface area contributed by atoms with Gasteiger partial charge in [-0.15, -0.1) is 0 Å². The van der Waals surface area contributed by atoms with Crippen LogP contribution in [-0.2, 0) is 36.5 Å². The fourth-order valence-corrected chi connectivity index (χ4v) is 6.09. The molecule has 0 radical (unpaired) electrons. The van der Waals surface area contributed by atoms with Crippen LogP contribution >= 0.6 is 0 Å². The van der Waals surface area contributed by atoms with Crippen molar-refractivity contribution in [1.82, 2.24) is 29.9 Å². The second-order valence-electron chi connectivity index (χ2n) is 13.5. The Kier molecular flexibility index (Phi) is 14.6. The summed E-state index contributed by atoms with van der Waals surface area (Å²) in [4.78, 5) is 26.1. The number of nitrogens with one attached hydrogen (secondary N) is 2. The van der Waals surface area contributed by atoms with Crippen molar-refractivity contribution in [3.8, 4) is 11.5 Å². The molecule has 0 saturated heterocycles. The Morgan fingerprint density at radius 1 is 0.590 bits per heavy atom. The molecule has 0 bridgehead atoms. The summed E-state index contributed by atoms with van der Waals surface area (Å²) in [6.45, 7) is 7.10. The summed E-state index contributed by atoms with van der Waals surface area (Å²) in [5.74, 6) is 4.47. The number of benzene rings is 4. The van der Waals surface area contributed by atoms with Gasteiger partial charge in [0, 0.05) is 46.6 Å². The van der Waals surface area contributed by atoms with E-state index < -0.39 is 10.4 Å². The zero-order chi connectivity index (χ0) is 43.2. The third-order valence-corrected chi connectivity index (χ3v) is 9.06. The molecule has 0 aliphatic carbocycles. The van der Waals surface area contributed by atoms with E-state index in [0.29, 0.717) is 30.7 Å². The smallest absolute Gasteiger partial charge is 0.394 e. The quantitative estimate of drug-likeness (QED) is 0.0572. The highest BCUT2D eigenvalue weighted by Gasteiger charge is 2.08. The normalized spacial score (nSPS) is 10.8. The molecule has 0 atom stereocenters. The number of ether oxygens (including phenoxy) is 2. The summed E-state index contributed by atoms with van der Waals surface area (Å²) in [5.41, 5.74) is 11.9. The molecule has 0 fully saturated rings. The van der Waals surface area contributed by atoms with Gasteiger partial charge >= 0.3 is 10.4 Å². The van der Waals surface area contributed by atoms with Gasteiger partial charge in [0.25, 0.3) is 0 Å². The van der Waals surface area contributed by atoms with Gasteiger partial charge in [-0.3, -0.25) is 19.1 Å². The van der Waals surface area contributed by atoms with Crippen molar-refractivity contribution in [2.45, 2.75) is 46.8 Å². The first kappa shape index (κ1) is 43.3. The van der Waals surface area contributed by atoms with Gasteiger partial charge in [0.15, 0.2) is 0 Å². The van der Waals surface area contributed by atoms with Crippen molar-refractivity contribution >= 4 is 60.9 Å². The van der Waals surface area contributed by atoms with Crippen molar-refractivity contribution in [3.05, 3.63) is 162 Å². The van der Waals surface area contributed by atoms with Crippen LogP contribution in [0.25, 0.3) is 21.5 Å². The van der Waals surface area contributed by atoms with Gasteiger partial charge in [0.1, 0.15) is 48.0 Å². The molecule has 8 aromatic rings. The van der Waals surface area contributed by atoms with Gasteiger partial charge in [-0.1, -0.05) is 68.4 Å². The van der Waals surface area contributed by atoms with E-state index in [1.807, 2.05) is 79.7 Å². The van der Waals surface area contributed by atoms with Crippen LogP contribution in [-0.4, -0.2) is 47.4 Å². The number of hydrogen-bond donors (Lipinski definition) is 5. The zero-order valence-corrected chi connectivity index (χ0v) is 34.5. The summed E-state index contributed by atoms with van der Waals surface area (Å²) < 4.78 is 43.8. The van der Waals surface area contributed by atoms with Crippen LogP contribution in [0.3, 0.4) is 0 Å². The average molecular weight is 840 g/mol. The number of fused-ring (bicyclic) bond motifs is 2. The third-order valence-electron chi connectivity index (χ3n) is 9.06. The molecule has 0 spiro atoms. The number of nitrogens with two attached hydrogens (primary N) is 1. The maximum Gasteiger partial charge on any atom is 0.394 e. The topological polar surface area (TPSA) is 220 Å². The van der Waals surface area contributed by atoms with Crippen LogP contribution in [0.4, 0.5) is 29.0 Å². The number of nitrogens with zero attached hydrogens (tertiary/aromatic N) is 6. The van der Waals surface area contributed by atoms with E-state index >= 15 is 0 Å². The molecular formula is C45H45N9O6S. The number of aromatic nitrogens is 6. The molecule has 4 heterocycles. The second kappa shape index (κ2) is 20.6. The van der Waals surface area contributed by atoms with E-state index in [-0.39, 0.29) is 0 Å². The van der Waals surface area contributed by atoms with E-state index in [1.165, 1.54) is 10.9 Å². The minimum absolute atomic E-state index is 0.422. The molecule has 16 heteroatoms. The van der Waals surface area contributed by atoms with E-state index in [0.717, 1.165) is 74.5 Å². The molecular weight excluding hydrogens is 795 g/mol. The lowest BCUT2D eigenvalue weighted by molar-refractivity contribution is 0.310. The van der Waals surface area contributed by atoms with Gasteiger partial charge in [0.05, 0.1) is 23.8 Å². The standard InChI is InChI=1S/C23H22N4O.C22H21N5O.H2O4S/c1-3-18-13-24-14-23(26-18)27-22-12-17(10-11-25-22)15-28-21-9-8-16(2)19-6-4-5-7-20(19)21;1-2-16-12-24-13-22(26-16)27-21-11-15(9-10-25-21)14-28-20-8-7-19(23)17-5-3-4-6-18(17)20;1-5(2,3)4/h4-14H,3,15H2,1-2H3,(H,25,26,27);3-13H,2,14,23H2,1H3,(H,25,26,27);(H2,1,2,3,4). The highest BCUT2D eigenvalue weighted by Crippen LogP contribution is 2.31. The molecule has 0 unspecified atom stereocenters. The average Bonchev–Trinajstić information content (AvgIpc) is 3.26. The lowest BCUT2D eigenvalue weighted by atomic mass is 10.0. The van der Waals surface area contributed by atoms with Crippen molar-refractivity contribution in [1.29, 1.82) is 0 Å². The maximum absolute atomic E-state index is 8.74. The molecule has 0 aliphatic heterocycles. The van der Waals surface area contributed by atoms with E-state index in [2.05, 4.69) is 78.7 Å². The first-order chi connectivity index (χ1) is 29.4. The van der Waals surface area contributed by atoms with Gasteiger partial charge in [-0.25, -0.2) is 19.9 Å². The Bertz CT molecular complexity index is 2660. The summed E-state index contributed by atoms with van der Waals surface area (Å²) in [6.07, 6.45) is 12.1. The Morgan fingerprint density at radius 3 is 1.52 bits per heavy atom. The van der Waals surface area contributed by atoms with Crippen LogP contribution in [0.1, 0.15) is 41.9 Å². The lowest BCUT2D eigenvalue weighted by Gasteiger charge is -2.12. The van der Waals surface area contributed by atoms with Gasteiger partial charge < -0.3 is 25.8 Å². The largest absolute Gasteiger partial charge is 0.488 e. The highest BCUT2D eigenvalue weighted by atomic mass is 32.3. The Hall–Kier alpha value is -7.27. The number of anilines is 5. The molecule has 0 saturated carbocycles. The molecule has 312 valence electrons. The van der Waals surface area contributed by atoms with Crippen LogP contribution in [0.2, 0.25) is 0 Å². The summed E-state index contributed by atoms with van der Waals surface area (Å²) in [6, 6.07) is 32.0. The summed E-state index contributed by atoms with van der Waals surface area (Å²) >= 11 is 0. The zero-order valence-electron chi connectivity index (χ0n) is 33.7. The molecule has 0 amide bonds. The van der Waals surface area contributed by atoms with E-state index in [1.54, 1.807) is 37.2 Å². The number of hydrogen-bond acceptors (Lipinski definition) is 13. The third kappa shape index (κ3) is 12.9. The predicted octanol–water partition coefficient (Wildman–Crippen LogP) is 9.06. The van der Waals surface area contributed by atoms with Crippen LogP contribution in [0.15, 0.2) is 134 Å². The predicted molar refractivity (Wildman–Crippen MR) is 238 cm³/mol. The number of aryl methyl sites for hydroxylation is 3. The van der Waals surface area contributed by atoms with Gasteiger partial charge in [-0.05, 0) is 84.3 Å². The summed E-state index contributed by atoms with van der Waals surface area (Å²) in [5, 5.41) is 10.7. The number of pyridine rings is 2. The fraction of sp³-hybridized carbons (Fsp3) is 0.156. The molecule has 4 aromatic carbocycles. The SMILES string of the molecule is CCc1cncc(Nc2cc(COc3ccc(C)c4ccccc34)ccn2)n1.CCc1cncc(Nc2cc(COc3ccc(N)c4ccccc34)ccn2)n1.O=S(=O)(O)O. The van der Waals surface area contributed by atoms with E-state index in [9.17, 15) is 0 Å². The summed E-state index contributed by atoms with van der Waals surface area (Å²) in [7, 11) is -4.67. The van der Waals surface area contributed by atoms with Gasteiger partial charge in [-0.2, -0.15) is 8.42 Å². The first-order valence-corrected chi connectivity index (χ1v) is 20.6. The molecule has 15 nitrogen and oxygen atoms in total. The Balaban J connectivity index is 0.000000184. The van der Waals surface area contributed by atoms with Crippen molar-refractivity contribution in [2.24, 2.45) is 0 Å². The highest BCUT2D eigenvalue weighted by molar-refractivity contribution is 7.79. The number of nitrogen functional groups attached to an aromatic ring is 1. The number of rotatable bonds is 12. The Labute approximate surface area is 353 Å². The monoisotopic (exact) mass is 839 g/mol. The Morgan fingerprint density at radius 2 is 1.03 bits per heavy atom. The van der Waals surface area contributed by atoms with Crippen molar-refractivity contribution in [3.63, 3.8) is 0 Å². The molecule has 61 heavy (non-hydrogen) atoms. The molecule has 0 aliphatic rings. The minimum Gasteiger partial charge on any atom is -0.488 e. The molecule has 4 aromatic heterocycles. The molecule has 6 N–H and O–H groups in total. The molecule has 8 rings (SSSR count). The fourth-order valence-electron chi connectivity index (χ4n) is 6.09. The maximum atomic E-state index is 8.74. The first-order valence-electron chi connectivity index (χ1n) is 19.2. The minimum atomic E-state index is -4.67. The van der Waals surface area contributed by atoms with Crippen molar-refractivity contribution in [2.75, 3.05) is 16.4 Å². The lowest BCUT2D eigenvalue weighted by Crippen LogP contribution is -2.01. The van der Waals surface area contributed by atoms with Gasteiger partial charge in [0.2, 0.25) is 0 Å². The van der Waals surface area contributed by atoms with Crippen LogP contribution in [0.5, 0.6) is 11.5 Å². The van der Waals surface area contributed by atoms with Crippen LogP contribution in [0, 0.1) is 6.92 Å². The van der Waals surface area contributed by atoms with E-state index in [4.69, 9.17) is 32.7 Å². The van der Waals surface area contributed by atoms with Crippen LogP contribution < -0.4 is 25.8 Å². The van der Waals surface area contributed by atoms with Crippen molar-refractivity contribution < 1.29 is 27.0 Å². The second-order valence-corrected chi connectivity index (χ2v) is 14.4.